The van der Waals surface area contributed by atoms with Crippen molar-refractivity contribution in [2.45, 2.75) is 45.3 Å². The molecule has 0 bridgehead atoms. The number of hydrogen-bond acceptors (Lipinski definition) is 6. The summed E-state index contributed by atoms with van der Waals surface area (Å²) < 4.78 is 1.72. The molecule has 3 rings (SSSR count). The maximum absolute atomic E-state index is 12.7. The van der Waals surface area contributed by atoms with Crippen LogP contribution in [0.15, 0.2) is 22.7 Å². The van der Waals surface area contributed by atoms with Crippen LogP contribution in [0.3, 0.4) is 0 Å². The maximum atomic E-state index is 12.7. The molecule has 1 N–H and O–H groups in total. The highest BCUT2D eigenvalue weighted by molar-refractivity contribution is 7.98. The molecule has 0 aliphatic carbocycles. The summed E-state index contributed by atoms with van der Waals surface area (Å²) in [5.41, 5.74) is 2.64. The van der Waals surface area contributed by atoms with E-state index in [4.69, 9.17) is 0 Å². The smallest absolute Gasteiger partial charge is 0.253 e. The molecule has 3 aromatic rings. The number of rotatable bonds is 6. The Bertz CT molecular complexity index is 917. The molecule has 0 radical (unpaired) electrons. The van der Waals surface area contributed by atoms with Gasteiger partial charge in [0.2, 0.25) is 11.1 Å². The third kappa shape index (κ3) is 3.76. The molecule has 138 valence electrons. The van der Waals surface area contributed by atoms with Crippen LogP contribution < -0.4 is 5.32 Å². The van der Waals surface area contributed by atoms with E-state index in [1.807, 2.05) is 31.5 Å². The largest absolute Gasteiger partial charge is 0.348 e. The van der Waals surface area contributed by atoms with Gasteiger partial charge in [-0.1, -0.05) is 31.7 Å². The second-order valence-electron chi connectivity index (χ2n) is 6.55. The molecule has 1 unspecified atom stereocenters. The van der Waals surface area contributed by atoms with Crippen LogP contribution in [0, 0.1) is 19.8 Å². The van der Waals surface area contributed by atoms with Crippen molar-refractivity contribution >= 4 is 34.8 Å². The van der Waals surface area contributed by atoms with Crippen molar-refractivity contribution in [3.05, 3.63) is 39.3 Å². The van der Waals surface area contributed by atoms with E-state index in [9.17, 15) is 4.79 Å². The van der Waals surface area contributed by atoms with Gasteiger partial charge in [-0.15, -0.1) is 16.4 Å². The number of carbonyl (C=O) groups is 1. The average molecular weight is 390 g/mol. The summed E-state index contributed by atoms with van der Waals surface area (Å²) in [5, 5.41) is 10.3. The van der Waals surface area contributed by atoms with Crippen molar-refractivity contribution in [3.63, 3.8) is 0 Å². The molecule has 0 aliphatic heterocycles. The van der Waals surface area contributed by atoms with E-state index in [-0.39, 0.29) is 18.4 Å². The van der Waals surface area contributed by atoms with Crippen LogP contribution in [0.1, 0.15) is 41.7 Å². The number of nitrogens with zero attached hydrogens (tertiary/aromatic N) is 4. The van der Waals surface area contributed by atoms with Crippen LogP contribution in [-0.4, -0.2) is 31.7 Å². The van der Waals surface area contributed by atoms with Crippen molar-refractivity contribution in [1.82, 2.24) is 24.9 Å². The number of thiophene rings is 1. The third-order valence-electron chi connectivity index (χ3n) is 4.38. The van der Waals surface area contributed by atoms with Gasteiger partial charge in [0, 0.05) is 21.8 Å². The summed E-state index contributed by atoms with van der Waals surface area (Å²) in [6.07, 6.45) is 2.21. The summed E-state index contributed by atoms with van der Waals surface area (Å²) in [7, 11) is 0. The summed E-state index contributed by atoms with van der Waals surface area (Å²) in [5.74, 6) is 0.890. The molecule has 1 atom stereocenters. The molecule has 0 spiro atoms. The van der Waals surface area contributed by atoms with Gasteiger partial charge in [-0.2, -0.15) is 4.98 Å². The van der Waals surface area contributed by atoms with Crippen molar-refractivity contribution in [2.75, 3.05) is 6.26 Å². The maximum Gasteiger partial charge on any atom is 0.253 e. The van der Waals surface area contributed by atoms with E-state index >= 15 is 0 Å². The number of aromatic nitrogens is 4. The van der Waals surface area contributed by atoms with Gasteiger partial charge in [0.05, 0.1) is 12.5 Å². The Labute approximate surface area is 161 Å². The minimum Gasteiger partial charge on any atom is -0.348 e. The number of nitrogens with one attached hydrogen (secondary N) is 1. The van der Waals surface area contributed by atoms with Gasteiger partial charge in [0.1, 0.15) is 0 Å². The number of aryl methyl sites for hydroxylation is 2. The van der Waals surface area contributed by atoms with Crippen molar-refractivity contribution in [3.8, 4) is 0 Å². The molecule has 1 amide bonds. The lowest BCUT2D eigenvalue weighted by Crippen LogP contribution is -2.33. The van der Waals surface area contributed by atoms with Crippen LogP contribution in [0.25, 0.3) is 5.78 Å². The molecule has 6 nitrogen and oxygen atoms in total. The van der Waals surface area contributed by atoms with E-state index < -0.39 is 0 Å². The van der Waals surface area contributed by atoms with Gasteiger partial charge in [-0.05, 0) is 37.5 Å². The van der Waals surface area contributed by atoms with Crippen LogP contribution in [0.4, 0.5) is 0 Å². The number of amides is 1. The Morgan fingerprint density at radius 1 is 1.35 bits per heavy atom. The molecular weight excluding hydrogens is 366 g/mol. The van der Waals surface area contributed by atoms with Gasteiger partial charge in [-0.3, -0.25) is 4.79 Å². The summed E-state index contributed by atoms with van der Waals surface area (Å²) in [6.45, 7) is 8.12. The Hall–Kier alpha value is -1.93. The first-order valence-corrected chi connectivity index (χ1v) is 10.6. The molecular formula is C18H23N5OS2. The topological polar surface area (TPSA) is 72.2 Å². The molecule has 8 heteroatoms. The highest BCUT2D eigenvalue weighted by atomic mass is 32.2. The lowest BCUT2D eigenvalue weighted by Gasteiger charge is -2.21. The lowest BCUT2D eigenvalue weighted by molar-refractivity contribution is -0.121. The molecule has 3 aromatic heterocycles. The average Bonchev–Trinajstić information content (AvgIpc) is 3.25. The Balaban J connectivity index is 1.84. The number of carbonyl (C=O) groups excluding carboxylic acids is 1. The SMILES string of the molecule is CSc1nc2nc(C)c(CC(=O)NC(c3cccs3)C(C)C)c(C)n2n1. The highest BCUT2D eigenvalue weighted by Crippen LogP contribution is 2.26. The van der Waals surface area contributed by atoms with Gasteiger partial charge in [0.15, 0.2) is 0 Å². The second-order valence-corrected chi connectivity index (χ2v) is 8.31. The van der Waals surface area contributed by atoms with Crippen molar-refractivity contribution in [2.24, 2.45) is 5.92 Å². The molecule has 3 heterocycles. The van der Waals surface area contributed by atoms with Gasteiger partial charge < -0.3 is 5.32 Å². The molecule has 0 saturated heterocycles. The van der Waals surface area contributed by atoms with E-state index in [0.29, 0.717) is 16.9 Å². The van der Waals surface area contributed by atoms with Crippen LogP contribution in [0.2, 0.25) is 0 Å². The monoisotopic (exact) mass is 389 g/mol. The molecule has 0 aromatic carbocycles. The second kappa shape index (κ2) is 7.75. The Kier molecular flexibility index (Phi) is 5.62. The van der Waals surface area contributed by atoms with Crippen molar-refractivity contribution in [1.29, 1.82) is 0 Å². The van der Waals surface area contributed by atoms with Crippen LogP contribution in [-0.2, 0) is 11.2 Å². The lowest BCUT2D eigenvalue weighted by atomic mass is 10.0. The van der Waals surface area contributed by atoms with E-state index in [0.717, 1.165) is 17.0 Å². The molecule has 0 fully saturated rings. The van der Waals surface area contributed by atoms with E-state index in [1.54, 1.807) is 15.9 Å². The van der Waals surface area contributed by atoms with Crippen LogP contribution >= 0.6 is 23.1 Å². The number of thioether (sulfide) groups is 1. The Morgan fingerprint density at radius 3 is 2.73 bits per heavy atom. The van der Waals surface area contributed by atoms with Crippen molar-refractivity contribution < 1.29 is 4.79 Å². The fourth-order valence-corrected chi connectivity index (χ4v) is 4.24. The number of fused-ring (bicyclic) bond motifs is 1. The molecule has 26 heavy (non-hydrogen) atoms. The third-order valence-corrected chi connectivity index (χ3v) is 5.88. The summed E-state index contributed by atoms with van der Waals surface area (Å²) >= 11 is 3.15. The summed E-state index contributed by atoms with van der Waals surface area (Å²) in [4.78, 5) is 22.8. The quantitative estimate of drug-likeness (QED) is 0.653. The minimum absolute atomic E-state index is 0.00495. The van der Waals surface area contributed by atoms with Crippen LogP contribution in [0.5, 0.6) is 0 Å². The first-order chi connectivity index (χ1) is 12.4. The van der Waals surface area contributed by atoms with Gasteiger partial charge >= 0.3 is 0 Å². The number of hydrogen-bond donors (Lipinski definition) is 1. The highest BCUT2D eigenvalue weighted by Gasteiger charge is 2.21. The first-order valence-electron chi connectivity index (χ1n) is 8.50. The molecule has 0 saturated carbocycles. The summed E-state index contributed by atoms with van der Waals surface area (Å²) in [6, 6.07) is 4.11. The molecule has 0 aliphatic rings. The van der Waals surface area contributed by atoms with E-state index in [2.05, 4.69) is 40.3 Å². The van der Waals surface area contributed by atoms with Gasteiger partial charge in [-0.25, -0.2) is 9.50 Å². The standard InChI is InChI=1S/C18H23N5OS2/c1-10(2)16(14-7-6-8-26-14)20-15(24)9-13-11(3)19-17-21-18(25-5)22-23(17)12(13)4/h6-8,10,16H,9H2,1-5H3,(H,20,24). The zero-order chi connectivity index (χ0) is 18.8. The first kappa shape index (κ1) is 18.8. The Morgan fingerprint density at radius 2 is 2.12 bits per heavy atom. The normalized spacial score (nSPS) is 12.7. The fraction of sp³-hybridized carbons (Fsp3) is 0.444. The predicted octanol–water partition coefficient (Wildman–Crippen LogP) is 3.58. The zero-order valence-corrected chi connectivity index (χ0v) is 17.2. The fourth-order valence-electron chi connectivity index (χ4n) is 2.95. The van der Waals surface area contributed by atoms with Gasteiger partial charge in [0.25, 0.3) is 5.78 Å². The zero-order valence-electron chi connectivity index (χ0n) is 15.6. The minimum atomic E-state index is -0.00495. The van der Waals surface area contributed by atoms with E-state index in [1.165, 1.54) is 16.6 Å². The predicted molar refractivity (Wildman–Crippen MR) is 106 cm³/mol.